The summed E-state index contributed by atoms with van der Waals surface area (Å²) in [5.74, 6) is -2.04. The van der Waals surface area contributed by atoms with Gasteiger partial charge in [-0.15, -0.1) is 0 Å². The number of esters is 2. The molecule has 0 amide bonds. The van der Waals surface area contributed by atoms with Gasteiger partial charge in [0.2, 0.25) is 0 Å². The third-order valence-electron chi connectivity index (χ3n) is 15.9. The van der Waals surface area contributed by atoms with Crippen molar-refractivity contribution in [3.8, 4) is 0 Å². The molecular formula is C76H138NO8+. The van der Waals surface area contributed by atoms with Gasteiger partial charge >= 0.3 is 17.9 Å². The Labute approximate surface area is 526 Å². The molecule has 0 fully saturated rings. The van der Waals surface area contributed by atoms with Gasteiger partial charge in [0, 0.05) is 12.8 Å². The Morgan fingerprint density at radius 2 is 0.671 bits per heavy atom. The molecule has 9 heteroatoms. The number of aliphatic carboxylic acids is 1. The van der Waals surface area contributed by atoms with E-state index in [-0.39, 0.29) is 32.2 Å². The largest absolute Gasteiger partial charge is 0.477 e. The molecule has 0 bridgehead atoms. The van der Waals surface area contributed by atoms with Crippen molar-refractivity contribution in [2.24, 2.45) is 0 Å². The molecule has 0 rings (SSSR count). The van der Waals surface area contributed by atoms with E-state index in [9.17, 15) is 19.5 Å². The molecule has 2 unspecified atom stereocenters. The first-order valence-electron chi connectivity index (χ1n) is 36.1. The van der Waals surface area contributed by atoms with Gasteiger partial charge in [0.1, 0.15) is 13.2 Å². The summed E-state index contributed by atoms with van der Waals surface area (Å²) in [7, 11) is 5.96. The Morgan fingerprint density at radius 1 is 0.365 bits per heavy atom. The molecular weight excluding hydrogens is 1050 g/mol. The standard InChI is InChI=1S/C76H137NO8/c1-6-8-10-12-14-16-18-20-22-24-26-27-28-29-30-31-32-33-34-35-36-37-38-39-40-41-42-43-44-45-46-47-49-50-52-54-56-58-60-62-64-66-73(78)83-70-72(71-84-76(75(80)81)82-69-68-77(3,4)5)85-74(79)67-65-63-61-59-57-55-53-51-48-25-23-21-19-17-15-13-11-9-7-2/h9,11,15,17,21,23-24,26,48,51,55,57,72,76H,6-8,10,12-14,16,18-20,22,25,27-47,49-50,52-54,56,58-71H2,1-5H3/p+1/b11-9-,17-15-,23-21-,26-24-,51-48-,57-55-. The summed E-state index contributed by atoms with van der Waals surface area (Å²) in [5, 5.41) is 9.73. The maximum absolute atomic E-state index is 12.9. The first-order chi connectivity index (χ1) is 41.6. The van der Waals surface area contributed by atoms with Crippen LogP contribution in [0.25, 0.3) is 0 Å². The summed E-state index contributed by atoms with van der Waals surface area (Å²) in [4.78, 5) is 37.5. The smallest absolute Gasteiger partial charge is 0.361 e. The zero-order chi connectivity index (χ0) is 61.9. The fourth-order valence-electron chi connectivity index (χ4n) is 10.5. The number of carboxylic acid groups (broad SMARTS) is 1. The molecule has 0 saturated carbocycles. The highest BCUT2D eigenvalue weighted by Crippen LogP contribution is 2.18. The van der Waals surface area contributed by atoms with E-state index >= 15 is 0 Å². The summed E-state index contributed by atoms with van der Waals surface area (Å²) >= 11 is 0. The van der Waals surface area contributed by atoms with Gasteiger partial charge in [-0.2, -0.15) is 0 Å². The molecule has 0 radical (unpaired) electrons. The normalized spacial score (nSPS) is 13.1. The average Bonchev–Trinajstić information content (AvgIpc) is 3.48. The summed E-state index contributed by atoms with van der Waals surface area (Å²) in [6, 6.07) is 0. The van der Waals surface area contributed by atoms with Crippen LogP contribution in [-0.2, 0) is 33.3 Å². The molecule has 1 N–H and O–H groups in total. The number of carbonyl (C=O) groups is 3. The predicted octanol–water partition coefficient (Wildman–Crippen LogP) is 22.5. The van der Waals surface area contributed by atoms with E-state index < -0.39 is 24.3 Å². The van der Waals surface area contributed by atoms with Crippen molar-refractivity contribution in [3.05, 3.63) is 72.9 Å². The number of rotatable bonds is 67. The van der Waals surface area contributed by atoms with Gasteiger partial charge in [-0.05, 0) is 83.5 Å². The minimum atomic E-state index is -1.52. The molecule has 0 aromatic heterocycles. The topological polar surface area (TPSA) is 108 Å². The zero-order valence-corrected chi connectivity index (χ0v) is 56.5. The fraction of sp³-hybridized carbons (Fsp3) is 0.803. The molecule has 0 aromatic rings. The summed E-state index contributed by atoms with van der Waals surface area (Å²) in [6.45, 7) is 4.76. The van der Waals surface area contributed by atoms with Crippen LogP contribution < -0.4 is 0 Å². The van der Waals surface area contributed by atoms with Crippen LogP contribution in [0.4, 0.5) is 0 Å². The van der Waals surface area contributed by atoms with Crippen molar-refractivity contribution in [2.75, 3.05) is 47.5 Å². The second kappa shape index (κ2) is 66.7. The summed E-state index contributed by atoms with van der Waals surface area (Å²) < 4.78 is 22.9. The van der Waals surface area contributed by atoms with E-state index in [4.69, 9.17) is 18.9 Å². The maximum atomic E-state index is 12.9. The number of hydrogen-bond donors (Lipinski definition) is 1. The Hall–Kier alpha value is -3.27. The van der Waals surface area contributed by atoms with E-state index in [0.29, 0.717) is 23.9 Å². The zero-order valence-electron chi connectivity index (χ0n) is 56.5. The van der Waals surface area contributed by atoms with E-state index in [1.54, 1.807) is 0 Å². The molecule has 0 aliphatic carbocycles. The maximum Gasteiger partial charge on any atom is 0.361 e. The quantitative estimate of drug-likeness (QED) is 0.0211. The van der Waals surface area contributed by atoms with Crippen molar-refractivity contribution >= 4 is 17.9 Å². The lowest BCUT2D eigenvalue weighted by Crippen LogP contribution is -2.40. The average molecular weight is 1190 g/mol. The van der Waals surface area contributed by atoms with Crippen molar-refractivity contribution in [1.29, 1.82) is 0 Å². The first-order valence-corrected chi connectivity index (χ1v) is 36.1. The van der Waals surface area contributed by atoms with E-state index in [2.05, 4.69) is 86.8 Å². The molecule has 494 valence electrons. The molecule has 0 aromatic carbocycles. The first kappa shape index (κ1) is 81.7. The van der Waals surface area contributed by atoms with Crippen LogP contribution in [0.5, 0.6) is 0 Å². The second-order valence-corrected chi connectivity index (χ2v) is 25.5. The lowest BCUT2D eigenvalue weighted by Gasteiger charge is -2.25. The number of nitrogens with zero attached hydrogens (tertiary/aromatic N) is 1. The van der Waals surface area contributed by atoms with Crippen LogP contribution in [-0.4, -0.2) is 87.4 Å². The Bertz CT molecular complexity index is 1620. The SMILES string of the molecule is CC/C=C\C/C=C\C/C=C\C/C=C\C/C=C\CCCCCC(=O)OC(COC(=O)CCCCCCCCCCCCCCCCCCCCCCCCCCCCCCC/C=C\CCCCCCCCCC)COC(OCC[N+](C)(C)C)C(=O)O. The van der Waals surface area contributed by atoms with Crippen LogP contribution in [0.2, 0.25) is 0 Å². The van der Waals surface area contributed by atoms with Gasteiger partial charge in [0.05, 0.1) is 34.4 Å². The number of ether oxygens (including phenoxy) is 4. The van der Waals surface area contributed by atoms with Crippen molar-refractivity contribution in [2.45, 2.75) is 347 Å². The van der Waals surface area contributed by atoms with Crippen LogP contribution in [0.15, 0.2) is 72.9 Å². The highest BCUT2D eigenvalue weighted by molar-refractivity contribution is 5.71. The number of allylic oxidation sites excluding steroid dienone is 12. The van der Waals surface area contributed by atoms with Gasteiger partial charge in [-0.3, -0.25) is 9.59 Å². The van der Waals surface area contributed by atoms with Crippen molar-refractivity contribution in [1.82, 2.24) is 0 Å². The molecule has 0 saturated heterocycles. The van der Waals surface area contributed by atoms with Gasteiger partial charge in [-0.25, -0.2) is 4.79 Å². The number of unbranched alkanes of at least 4 members (excludes halogenated alkanes) is 40. The van der Waals surface area contributed by atoms with Crippen LogP contribution >= 0.6 is 0 Å². The minimum absolute atomic E-state index is 0.179. The Balaban J connectivity index is 3.95. The summed E-state index contributed by atoms with van der Waals surface area (Å²) in [5.41, 5.74) is 0. The second-order valence-electron chi connectivity index (χ2n) is 25.5. The van der Waals surface area contributed by atoms with Crippen LogP contribution in [0.3, 0.4) is 0 Å². The van der Waals surface area contributed by atoms with E-state index in [1.807, 2.05) is 21.1 Å². The van der Waals surface area contributed by atoms with Crippen LogP contribution in [0.1, 0.15) is 335 Å². The summed E-state index contributed by atoms with van der Waals surface area (Å²) in [6.07, 6.45) is 86.3. The monoisotopic (exact) mass is 1190 g/mol. The highest BCUT2D eigenvalue weighted by Gasteiger charge is 2.25. The number of carbonyl (C=O) groups excluding carboxylic acids is 2. The number of quaternary nitrogens is 1. The molecule has 0 aliphatic heterocycles. The molecule has 2 atom stereocenters. The molecule has 0 aliphatic rings. The van der Waals surface area contributed by atoms with Gasteiger partial charge in [0.25, 0.3) is 6.29 Å². The van der Waals surface area contributed by atoms with Gasteiger partial charge in [-0.1, -0.05) is 311 Å². The molecule has 0 heterocycles. The number of likely N-dealkylation sites (N-methyl/N-ethyl adjacent to an activating group) is 1. The predicted molar refractivity (Wildman–Crippen MR) is 364 cm³/mol. The van der Waals surface area contributed by atoms with Gasteiger partial charge in [0.15, 0.2) is 6.10 Å². The van der Waals surface area contributed by atoms with E-state index in [1.165, 1.54) is 231 Å². The van der Waals surface area contributed by atoms with Crippen molar-refractivity contribution < 1.29 is 42.9 Å². The lowest BCUT2D eigenvalue weighted by molar-refractivity contribution is -0.870. The number of carboxylic acids is 1. The van der Waals surface area contributed by atoms with Crippen LogP contribution in [0, 0.1) is 0 Å². The Morgan fingerprint density at radius 3 is 1.02 bits per heavy atom. The fourth-order valence-corrected chi connectivity index (χ4v) is 10.5. The third-order valence-corrected chi connectivity index (χ3v) is 15.9. The lowest BCUT2D eigenvalue weighted by atomic mass is 10.0. The Kier molecular flexibility index (Phi) is 64.1. The molecule has 85 heavy (non-hydrogen) atoms. The molecule has 9 nitrogen and oxygen atoms in total. The highest BCUT2D eigenvalue weighted by atomic mass is 16.7. The molecule has 0 spiro atoms. The van der Waals surface area contributed by atoms with Crippen molar-refractivity contribution in [3.63, 3.8) is 0 Å². The third kappa shape index (κ3) is 68.1. The van der Waals surface area contributed by atoms with Gasteiger partial charge < -0.3 is 28.5 Å². The number of hydrogen-bond acceptors (Lipinski definition) is 7. The minimum Gasteiger partial charge on any atom is -0.477 e. The van der Waals surface area contributed by atoms with E-state index in [0.717, 1.165) is 70.6 Å².